The minimum atomic E-state index is 0. The molecule has 22 heavy (non-hydrogen) atoms. The number of rotatable bonds is 4. The molecular formula is C16H15Cl3N2S. The second-order valence-corrected chi connectivity index (χ2v) is 6.61. The van der Waals surface area contributed by atoms with Gasteiger partial charge in [-0.15, -0.1) is 24.2 Å². The predicted molar refractivity (Wildman–Crippen MR) is 99.1 cm³/mol. The van der Waals surface area contributed by atoms with Crippen LogP contribution in [0.2, 0.25) is 10.0 Å². The monoisotopic (exact) mass is 372 g/mol. The van der Waals surface area contributed by atoms with Crippen molar-refractivity contribution >= 4 is 53.2 Å². The zero-order valence-corrected chi connectivity index (χ0v) is 14.8. The first-order chi connectivity index (χ1) is 10.2. The van der Waals surface area contributed by atoms with Gasteiger partial charge in [0.25, 0.3) is 0 Å². The van der Waals surface area contributed by atoms with E-state index in [0.717, 1.165) is 40.3 Å². The first kappa shape index (κ1) is 17.5. The van der Waals surface area contributed by atoms with Gasteiger partial charge in [-0.05, 0) is 35.9 Å². The first-order valence-electron chi connectivity index (χ1n) is 6.68. The Morgan fingerprint density at radius 3 is 2.64 bits per heavy atom. The van der Waals surface area contributed by atoms with Gasteiger partial charge in [0.2, 0.25) is 0 Å². The number of aliphatic imine (C=N–C) groups is 1. The molecule has 0 aliphatic carbocycles. The summed E-state index contributed by atoms with van der Waals surface area (Å²) in [5.41, 5.74) is 2.28. The molecule has 1 aliphatic heterocycles. The Balaban J connectivity index is 0.00000176. The average Bonchev–Trinajstić information content (AvgIpc) is 3.00. The number of benzene rings is 2. The van der Waals surface area contributed by atoms with Crippen molar-refractivity contribution in [2.75, 3.05) is 13.1 Å². The van der Waals surface area contributed by atoms with E-state index < -0.39 is 0 Å². The maximum Gasteiger partial charge on any atom is 0.129 e. The van der Waals surface area contributed by atoms with E-state index in [1.54, 1.807) is 11.8 Å². The first-order valence-corrected chi connectivity index (χ1v) is 8.42. The summed E-state index contributed by atoms with van der Waals surface area (Å²) in [5, 5.41) is 4.80. The van der Waals surface area contributed by atoms with Crippen LogP contribution < -0.4 is 5.32 Å². The summed E-state index contributed by atoms with van der Waals surface area (Å²) in [4.78, 5) is 5.66. The number of hydrogen-bond donors (Lipinski definition) is 1. The van der Waals surface area contributed by atoms with E-state index >= 15 is 0 Å². The van der Waals surface area contributed by atoms with Crippen LogP contribution in [0, 0.1) is 0 Å². The quantitative estimate of drug-likeness (QED) is 0.758. The zero-order chi connectivity index (χ0) is 14.7. The number of nitrogens with zero attached hydrogens (tertiary/aromatic N) is 1. The van der Waals surface area contributed by atoms with Crippen molar-refractivity contribution < 1.29 is 0 Å². The molecule has 0 saturated heterocycles. The summed E-state index contributed by atoms with van der Waals surface area (Å²) in [7, 11) is 0. The fraction of sp³-hybridized carbons (Fsp3) is 0.188. The molecule has 0 atom stereocenters. The SMILES string of the molecule is Cl.Clc1cccc(CSc2ccc(Cl)cc2C2=NCCN2)c1. The highest BCUT2D eigenvalue weighted by Gasteiger charge is 2.13. The Morgan fingerprint density at radius 2 is 1.91 bits per heavy atom. The van der Waals surface area contributed by atoms with Crippen LogP contribution in [0.25, 0.3) is 0 Å². The van der Waals surface area contributed by atoms with Crippen LogP contribution in [0.4, 0.5) is 0 Å². The predicted octanol–water partition coefficient (Wildman–Crippen LogP) is 5.06. The highest BCUT2D eigenvalue weighted by molar-refractivity contribution is 7.98. The minimum absolute atomic E-state index is 0. The van der Waals surface area contributed by atoms with Gasteiger partial charge in [-0.1, -0.05) is 35.3 Å². The second-order valence-electron chi connectivity index (χ2n) is 4.72. The molecule has 0 bridgehead atoms. The molecule has 0 amide bonds. The van der Waals surface area contributed by atoms with Gasteiger partial charge in [0.15, 0.2) is 0 Å². The molecule has 0 radical (unpaired) electrons. The number of thioether (sulfide) groups is 1. The fourth-order valence-electron chi connectivity index (χ4n) is 2.18. The van der Waals surface area contributed by atoms with Gasteiger partial charge in [-0.3, -0.25) is 4.99 Å². The van der Waals surface area contributed by atoms with Crippen molar-refractivity contribution in [1.29, 1.82) is 0 Å². The molecule has 6 heteroatoms. The average molecular weight is 374 g/mol. The van der Waals surface area contributed by atoms with Crippen molar-refractivity contribution in [3.8, 4) is 0 Å². The molecular weight excluding hydrogens is 359 g/mol. The Kier molecular flexibility index (Phi) is 6.45. The van der Waals surface area contributed by atoms with Crippen molar-refractivity contribution in [2.45, 2.75) is 10.6 Å². The Labute approximate surface area is 150 Å². The maximum atomic E-state index is 6.12. The van der Waals surface area contributed by atoms with E-state index in [1.807, 2.05) is 30.3 Å². The second kappa shape index (κ2) is 8.11. The summed E-state index contributed by atoms with van der Waals surface area (Å²) in [6, 6.07) is 13.9. The zero-order valence-electron chi connectivity index (χ0n) is 11.7. The lowest BCUT2D eigenvalue weighted by Crippen LogP contribution is -2.20. The maximum absolute atomic E-state index is 6.12. The van der Waals surface area contributed by atoms with Gasteiger partial charge in [-0.2, -0.15) is 0 Å². The van der Waals surface area contributed by atoms with E-state index in [1.165, 1.54) is 10.5 Å². The summed E-state index contributed by atoms with van der Waals surface area (Å²) in [6.45, 7) is 1.71. The number of amidine groups is 1. The van der Waals surface area contributed by atoms with Crippen molar-refractivity contribution in [2.24, 2.45) is 4.99 Å². The Bertz CT molecular complexity index is 689. The lowest BCUT2D eigenvalue weighted by atomic mass is 10.2. The molecule has 116 valence electrons. The molecule has 0 saturated carbocycles. The van der Waals surface area contributed by atoms with Crippen LogP contribution in [-0.4, -0.2) is 18.9 Å². The molecule has 1 heterocycles. The van der Waals surface area contributed by atoms with Crippen LogP contribution in [0.3, 0.4) is 0 Å². The van der Waals surface area contributed by atoms with Crippen LogP contribution in [0.5, 0.6) is 0 Å². The number of hydrogen-bond acceptors (Lipinski definition) is 3. The lowest BCUT2D eigenvalue weighted by Gasteiger charge is -2.10. The van der Waals surface area contributed by atoms with Crippen LogP contribution in [-0.2, 0) is 5.75 Å². The van der Waals surface area contributed by atoms with Gasteiger partial charge in [0, 0.05) is 32.8 Å². The van der Waals surface area contributed by atoms with E-state index in [0.29, 0.717) is 0 Å². The highest BCUT2D eigenvalue weighted by Crippen LogP contribution is 2.29. The Hall–Kier alpha value is -0.870. The highest BCUT2D eigenvalue weighted by atomic mass is 35.5. The summed E-state index contributed by atoms with van der Waals surface area (Å²) < 4.78 is 0. The smallest absolute Gasteiger partial charge is 0.129 e. The largest absolute Gasteiger partial charge is 0.368 e. The molecule has 0 aromatic heterocycles. The number of nitrogens with one attached hydrogen (secondary N) is 1. The number of halogens is 3. The van der Waals surface area contributed by atoms with Crippen molar-refractivity contribution in [3.63, 3.8) is 0 Å². The lowest BCUT2D eigenvalue weighted by molar-refractivity contribution is 0.959. The van der Waals surface area contributed by atoms with E-state index in [4.69, 9.17) is 23.2 Å². The van der Waals surface area contributed by atoms with Crippen LogP contribution in [0.15, 0.2) is 52.4 Å². The molecule has 0 spiro atoms. The Morgan fingerprint density at radius 1 is 1.09 bits per heavy atom. The van der Waals surface area contributed by atoms with Crippen LogP contribution >= 0.6 is 47.4 Å². The van der Waals surface area contributed by atoms with Crippen molar-refractivity contribution in [1.82, 2.24) is 5.32 Å². The van der Waals surface area contributed by atoms with Gasteiger partial charge in [-0.25, -0.2) is 0 Å². The third kappa shape index (κ3) is 4.32. The molecule has 2 aromatic carbocycles. The fourth-order valence-corrected chi connectivity index (χ4v) is 3.54. The molecule has 1 N–H and O–H groups in total. The van der Waals surface area contributed by atoms with Gasteiger partial charge >= 0.3 is 0 Å². The van der Waals surface area contributed by atoms with E-state index in [-0.39, 0.29) is 12.4 Å². The standard InChI is InChI=1S/C16H14Cl2N2S.ClH/c17-12-3-1-2-11(8-12)10-21-15-5-4-13(18)9-14(15)16-19-6-7-20-16;/h1-5,8-9H,6-7,10H2,(H,19,20);1H. The summed E-state index contributed by atoms with van der Waals surface area (Å²) in [5.74, 6) is 1.80. The van der Waals surface area contributed by atoms with Gasteiger partial charge < -0.3 is 5.32 Å². The minimum Gasteiger partial charge on any atom is -0.368 e. The molecule has 3 rings (SSSR count). The molecule has 2 aromatic rings. The topological polar surface area (TPSA) is 24.4 Å². The van der Waals surface area contributed by atoms with Gasteiger partial charge in [0.1, 0.15) is 5.84 Å². The normalized spacial score (nSPS) is 13.3. The molecule has 2 nitrogen and oxygen atoms in total. The molecule has 0 fully saturated rings. The van der Waals surface area contributed by atoms with Crippen molar-refractivity contribution in [3.05, 3.63) is 63.6 Å². The molecule has 0 unspecified atom stereocenters. The summed E-state index contributed by atoms with van der Waals surface area (Å²) in [6.07, 6.45) is 0. The molecule has 1 aliphatic rings. The van der Waals surface area contributed by atoms with E-state index in [9.17, 15) is 0 Å². The summed E-state index contributed by atoms with van der Waals surface area (Å²) >= 11 is 13.9. The third-order valence-corrected chi connectivity index (χ3v) is 4.77. The third-order valence-electron chi connectivity index (χ3n) is 3.15. The van der Waals surface area contributed by atoms with E-state index in [2.05, 4.69) is 22.4 Å². The van der Waals surface area contributed by atoms with Gasteiger partial charge in [0.05, 0.1) is 6.54 Å². The van der Waals surface area contributed by atoms with Crippen LogP contribution in [0.1, 0.15) is 11.1 Å².